The number of aromatic nitrogens is 1. The average molecular weight is 211 g/mol. The van der Waals surface area contributed by atoms with Crippen molar-refractivity contribution in [3.05, 3.63) is 16.6 Å². The van der Waals surface area contributed by atoms with Crippen molar-refractivity contribution in [3.63, 3.8) is 0 Å². The summed E-state index contributed by atoms with van der Waals surface area (Å²) in [6.07, 6.45) is 3.64. The van der Waals surface area contributed by atoms with E-state index in [1.807, 2.05) is 4.90 Å². The number of piperidine rings is 1. The monoisotopic (exact) mass is 211 g/mol. The lowest BCUT2D eigenvalue weighted by Gasteiger charge is -2.30. The van der Waals surface area contributed by atoms with Crippen LogP contribution in [0.5, 0.6) is 0 Å². The van der Waals surface area contributed by atoms with E-state index < -0.39 is 0 Å². The van der Waals surface area contributed by atoms with Gasteiger partial charge in [-0.3, -0.25) is 9.78 Å². The second kappa shape index (κ2) is 4.06. The molecule has 2 heterocycles. The Labute approximate surface area is 86.7 Å². The summed E-state index contributed by atoms with van der Waals surface area (Å²) in [5, 5.41) is 0. The molecule has 0 aliphatic carbocycles. The van der Waals surface area contributed by atoms with Crippen molar-refractivity contribution in [2.24, 2.45) is 5.73 Å². The Balaban J connectivity index is 2.04. The summed E-state index contributed by atoms with van der Waals surface area (Å²) in [7, 11) is 0. The highest BCUT2D eigenvalue weighted by Crippen LogP contribution is 2.14. The van der Waals surface area contributed by atoms with Gasteiger partial charge in [0.25, 0.3) is 5.91 Å². The van der Waals surface area contributed by atoms with Crippen LogP contribution in [0.15, 0.2) is 11.7 Å². The quantitative estimate of drug-likeness (QED) is 0.744. The van der Waals surface area contributed by atoms with Crippen molar-refractivity contribution < 1.29 is 4.79 Å². The van der Waals surface area contributed by atoms with E-state index >= 15 is 0 Å². The molecule has 0 radical (unpaired) electrons. The second-order valence-electron chi connectivity index (χ2n) is 3.52. The molecular weight excluding hydrogens is 198 g/mol. The third-order valence-corrected chi connectivity index (χ3v) is 3.15. The van der Waals surface area contributed by atoms with Gasteiger partial charge in [0.1, 0.15) is 4.88 Å². The summed E-state index contributed by atoms with van der Waals surface area (Å²) >= 11 is 1.38. The van der Waals surface area contributed by atoms with Crippen LogP contribution in [0.2, 0.25) is 0 Å². The zero-order valence-corrected chi connectivity index (χ0v) is 8.67. The fourth-order valence-corrected chi connectivity index (χ4v) is 2.26. The molecule has 0 bridgehead atoms. The third kappa shape index (κ3) is 1.93. The highest BCUT2D eigenvalue weighted by Gasteiger charge is 2.22. The van der Waals surface area contributed by atoms with Gasteiger partial charge in [-0.1, -0.05) is 0 Å². The van der Waals surface area contributed by atoms with Gasteiger partial charge in [-0.2, -0.15) is 0 Å². The molecule has 1 aromatic heterocycles. The van der Waals surface area contributed by atoms with Crippen LogP contribution >= 0.6 is 11.3 Å². The largest absolute Gasteiger partial charge is 0.336 e. The summed E-state index contributed by atoms with van der Waals surface area (Å²) in [5.41, 5.74) is 7.49. The maximum Gasteiger partial charge on any atom is 0.265 e. The van der Waals surface area contributed by atoms with Crippen LogP contribution in [0.3, 0.4) is 0 Å². The van der Waals surface area contributed by atoms with Gasteiger partial charge in [0.15, 0.2) is 0 Å². The van der Waals surface area contributed by atoms with Gasteiger partial charge in [-0.05, 0) is 12.8 Å². The Morgan fingerprint density at radius 2 is 2.57 bits per heavy atom. The molecule has 1 fully saturated rings. The van der Waals surface area contributed by atoms with E-state index in [-0.39, 0.29) is 11.9 Å². The maximum atomic E-state index is 11.8. The molecule has 2 rings (SSSR count). The summed E-state index contributed by atoms with van der Waals surface area (Å²) < 4.78 is 0. The highest BCUT2D eigenvalue weighted by atomic mass is 32.1. The summed E-state index contributed by atoms with van der Waals surface area (Å²) in [6, 6.07) is 0.139. The van der Waals surface area contributed by atoms with E-state index in [0.29, 0.717) is 11.4 Å². The standard InChI is InChI=1S/C9H13N3OS/c10-7-2-1-3-12(5-7)9(13)8-4-11-6-14-8/h4,6-7H,1-3,5,10H2. The minimum Gasteiger partial charge on any atom is -0.336 e. The molecule has 2 N–H and O–H groups in total. The SMILES string of the molecule is NC1CCCN(C(=O)c2cncs2)C1. The van der Waals surface area contributed by atoms with Crippen LogP contribution in [-0.2, 0) is 0 Å². The van der Waals surface area contributed by atoms with E-state index in [4.69, 9.17) is 5.73 Å². The van der Waals surface area contributed by atoms with E-state index in [1.54, 1.807) is 11.7 Å². The molecule has 1 aromatic rings. The van der Waals surface area contributed by atoms with E-state index in [0.717, 1.165) is 19.4 Å². The molecule has 5 heteroatoms. The van der Waals surface area contributed by atoms with Gasteiger partial charge < -0.3 is 10.6 Å². The first-order valence-electron chi connectivity index (χ1n) is 4.70. The van der Waals surface area contributed by atoms with Crippen molar-refractivity contribution >= 4 is 17.2 Å². The normalized spacial score (nSPS) is 22.4. The van der Waals surface area contributed by atoms with Gasteiger partial charge in [0, 0.05) is 19.1 Å². The first-order chi connectivity index (χ1) is 6.77. The smallest absolute Gasteiger partial charge is 0.265 e. The Morgan fingerprint density at radius 3 is 3.21 bits per heavy atom. The molecule has 1 amide bonds. The van der Waals surface area contributed by atoms with Gasteiger partial charge in [-0.25, -0.2) is 0 Å². The van der Waals surface area contributed by atoms with E-state index in [2.05, 4.69) is 4.98 Å². The summed E-state index contributed by atoms with van der Waals surface area (Å²) in [5.74, 6) is 0.0719. The van der Waals surface area contributed by atoms with Crippen molar-refractivity contribution in [2.45, 2.75) is 18.9 Å². The molecule has 1 aliphatic rings. The second-order valence-corrected chi connectivity index (χ2v) is 4.41. The highest BCUT2D eigenvalue weighted by molar-refractivity contribution is 7.11. The number of likely N-dealkylation sites (tertiary alicyclic amines) is 1. The number of carbonyl (C=O) groups excluding carboxylic acids is 1. The third-order valence-electron chi connectivity index (χ3n) is 2.39. The van der Waals surface area contributed by atoms with Crippen LogP contribution < -0.4 is 5.73 Å². The lowest BCUT2D eigenvalue weighted by molar-refractivity contribution is 0.0713. The molecule has 0 aromatic carbocycles. The topological polar surface area (TPSA) is 59.2 Å². The number of hydrogen-bond donors (Lipinski definition) is 1. The Kier molecular flexibility index (Phi) is 2.79. The molecule has 76 valence electrons. The van der Waals surface area contributed by atoms with Crippen molar-refractivity contribution in [2.75, 3.05) is 13.1 Å². The molecule has 0 spiro atoms. The van der Waals surface area contributed by atoms with E-state index in [9.17, 15) is 4.79 Å². The van der Waals surface area contributed by atoms with Gasteiger partial charge in [-0.15, -0.1) is 11.3 Å². The zero-order valence-electron chi connectivity index (χ0n) is 7.85. The van der Waals surface area contributed by atoms with E-state index in [1.165, 1.54) is 11.3 Å². The summed E-state index contributed by atoms with van der Waals surface area (Å²) in [6.45, 7) is 1.50. The number of nitrogens with two attached hydrogens (primary N) is 1. The van der Waals surface area contributed by atoms with Gasteiger partial charge >= 0.3 is 0 Å². The lowest BCUT2D eigenvalue weighted by Crippen LogP contribution is -2.45. The van der Waals surface area contributed by atoms with Crippen LogP contribution in [0.4, 0.5) is 0 Å². The molecule has 1 unspecified atom stereocenters. The fraction of sp³-hybridized carbons (Fsp3) is 0.556. The van der Waals surface area contributed by atoms with Crippen LogP contribution in [0.25, 0.3) is 0 Å². The lowest BCUT2D eigenvalue weighted by atomic mass is 10.1. The summed E-state index contributed by atoms with van der Waals surface area (Å²) in [4.78, 5) is 18.3. The van der Waals surface area contributed by atoms with Crippen LogP contribution in [0, 0.1) is 0 Å². The first-order valence-corrected chi connectivity index (χ1v) is 5.58. The minimum atomic E-state index is 0.0719. The molecule has 1 aliphatic heterocycles. The van der Waals surface area contributed by atoms with Crippen molar-refractivity contribution in [1.82, 2.24) is 9.88 Å². The number of carbonyl (C=O) groups is 1. The Morgan fingerprint density at radius 1 is 1.71 bits per heavy atom. The Bertz CT molecular complexity index is 312. The number of nitrogens with zero attached hydrogens (tertiary/aromatic N) is 2. The molecule has 14 heavy (non-hydrogen) atoms. The molecule has 1 atom stereocenters. The molecule has 0 saturated carbocycles. The number of amides is 1. The van der Waals surface area contributed by atoms with Crippen molar-refractivity contribution in [1.29, 1.82) is 0 Å². The molecule has 4 nitrogen and oxygen atoms in total. The van der Waals surface area contributed by atoms with Gasteiger partial charge in [0.05, 0.1) is 11.7 Å². The predicted molar refractivity (Wildman–Crippen MR) is 55.2 cm³/mol. The van der Waals surface area contributed by atoms with Crippen molar-refractivity contribution in [3.8, 4) is 0 Å². The molecule has 1 saturated heterocycles. The zero-order chi connectivity index (χ0) is 9.97. The predicted octanol–water partition coefficient (Wildman–Crippen LogP) is 0.706. The fourth-order valence-electron chi connectivity index (χ4n) is 1.67. The maximum absolute atomic E-state index is 11.8. The molecular formula is C9H13N3OS. The number of hydrogen-bond acceptors (Lipinski definition) is 4. The Hall–Kier alpha value is -0.940. The average Bonchev–Trinajstić information content (AvgIpc) is 2.69. The first kappa shape index (κ1) is 9.61. The van der Waals surface area contributed by atoms with Gasteiger partial charge in [0.2, 0.25) is 0 Å². The minimum absolute atomic E-state index is 0.0719. The number of rotatable bonds is 1. The van der Waals surface area contributed by atoms with Crippen LogP contribution in [0.1, 0.15) is 22.5 Å². The number of thiazole rings is 1. The van der Waals surface area contributed by atoms with Crippen LogP contribution in [-0.4, -0.2) is 34.9 Å².